The molecule has 0 saturated heterocycles. The molecule has 0 aromatic heterocycles. The predicted octanol–water partition coefficient (Wildman–Crippen LogP) is -0.970. The molecule has 0 aromatic carbocycles. The van der Waals surface area contributed by atoms with E-state index in [0.717, 1.165) is 12.8 Å². The second-order valence-electron chi connectivity index (χ2n) is 4.54. The molecule has 23 heavy (non-hydrogen) atoms. The largest absolute Gasteiger partial charge is 0.652 e. The van der Waals surface area contributed by atoms with Gasteiger partial charge in [0.2, 0.25) is 0 Å². The van der Waals surface area contributed by atoms with E-state index in [1.807, 2.05) is 0 Å². The van der Waals surface area contributed by atoms with Crippen LogP contribution in [0.1, 0.15) is 71.1 Å². The normalized spacial score (nSPS) is 8.78. The average Bonchev–Trinajstić information content (AvgIpc) is 2.44. The monoisotopic (exact) mass is 336 g/mol. The summed E-state index contributed by atoms with van der Waals surface area (Å²) in [5, 5.41) is 41.3. The first-order chi connectivity index (χ1) is 10.8. The van der Waals surface area contributed by atoms with Gasteiger partial charge < -0.3 is 34.9 Å². The Hall–Kier alpha value is -2.03. The fourth-order valence-corrected chi connectivity index (χ4v) is 1.63. The van der Waals surface area contributed by atoms with E-state index in [-0.39, 0.29) is 0 Å². The van der Waals surface area contributed by atoms with Crippen LogP contribution in [0.2, 0.25) is 0 Å². The molecule has 0 aliphatic rings. The summed E-state index contributed by atoms with van der Waals surface area (Å²) in [6.07, 6.45) is 6.65. The van der Waals surface area contributed by atoms with Gasteiger partial charge in [-0.15, -0.1) is 0 Å². The molecule has 0 spiro atoms. The number of carbonyl (C=O) groups is 3. The van der Waals surface area contributed by atoms with Gasteiger partial charge >= 0.3 is 5.97 Å². The summed E-state index contributed by atoms with van der Waals surface area (Å²) in [4.78, 5) is 30.8. The molecule has 1 N–H and O–H groups in total. The zero-order valence-electron chi connectivity index (χ0n) is 13.3. The van der Waals surface area contributed by atoms with Crippen molar-refractivity contribution in [1.29, 1.82) is 0 Å². The lowest BCUT2D eigenvalue weighted by Crippen LogP contribution is -2.37. The van der Waals surface area contributed by atoms with E-state index in [0.29, 0.717) is 6.42 Å². The number of rotatable bonds is 10. The van der Waals surface area contributed by atoms with Crippen LogP contribution in [0.3, 0.4) is 0 Å². The second kappa shape index (κ2) is 22.3. The van der Waals surface area contributed by atoms with Gasteiger partial charge in [0.05, 0.1) is 0 Å². The quantitative estimate of drug-likeness (QED) is 0.299. The van der Waals surface area contributed by atoms with Crippen molar-refractivity contribution in [3.63, 3.8) is 0 Å². The lowest BCUT2D eigenvalue weighted by atomic mass is 10.1. The molecule has 0 unspecified atom stereocenters. The minimum Gasteiger partial charge on any atom is -0.652 e. The van der Waals surface area contributed by atoms with Crippen molar-refractivity contribution in [2.24, 2.45) is 0 Å². The lowest BCUT2D eigenvalue weighted by molar-refractivity contribution is -0.417. The number of carbonyl (C=O) groups excluding carboxylic acids is 3. The molecule has 0 aliphatic carbocycles. The summed E-state index contributed by atoms with van der Waals surface area (Å²) in [6.45, 7) is 2.22. The van der Waals surface area contributed by atoms with E-state index < -0.39 is 18.3 Å². The van der Waals surface area contributed by atoms with Crippen molar-refractivity contribution >= 4 is 18.3 Å². The van der Waals surface area contributed by atoms with Crippen molar-refractivity contribution < 1.29 is 45.0 Å². The summed E-state index contributed by atoms with van der Waals surface area (Å²) in [6, 6.07) is 0. The highest BCUT2D eigenvalue weighted by Gasteiger charge is 2.00. The third kappa shape index (κ3) is 53.6. The van der Waals surface area contributed by atoms with Crippen LogP contribution in [-0.4, -0.2) is 23.5 Å². The highest BCUT2D eigenvalue weighted by molar-refractivity contribution is 5.68. The maximum atomic E-state index is 10.5. The van der Waals surface area contributed by atoms with Crippen molar-refractivity contribution in [1.82, 2.24) is 0 Å². The van der Waals surface area contributed by atoms with Gasteiger partial charge in [-0.05, 0) is 18.7 Å². The molecule has 0 rings (SSSR count). The van der Waals surface area contributed by atoms with E-state index in [1.165, 1.54) is 44.9 Å². The first-order valence-corrected chi connectivity index (χ1v) is 7.38. The van der Waals surface area contributed by atoms with Crippen molar-refractivity contribution in [2.45, 2.75) is 71.1 Å². The van der Waals surface area contributed by atoms with Crippen LogP contribution in [0.4, 0.5) is 9.59 Å². The Morgan fingerprint density at radius 3 is 1.35 bits per heavy atom. The molecule has 0 saturated carbocycles. The molecule has 9 heteroatoms. The minimum atomic E-state index is -2.33. The van der Waals surface area contributed by atoms with Gasteiger partial charge in [-0.25, -0.2) is 4.79 Å². The van der Waals surface area contributed by atoms with Crippen LogP contribution >= 0.6 is 0 Å². The molecular weight excluding hydrogens is 312 g/mol. The van der Waals surface area contributed by atoms with Gasteiger partial charge in [-0.1, -0.05) is 58.3 Å². The molecule has 0 heterocycles. The Bertz CT molecular complexity index is 272. The molecule has 138 valence electrons. The highest BCUT2D eigenvalue weighted by Crippen LogP contribution is 2.10. The Morgan fingerprint density at radius 2 is 1.04 bits per heavy atom. The van der Waals surface area contributed by atoms with Crippen LogP contribution in [0.15, 0.2) is 0 Å². The number of carboxylic acid groups (broad SMARTS) is 4. The molecule has 0 amide bonds. The lowest BCUT2D eigenvalue weighted by Gasteiger charge is -2.00. The number of hydrogen-bond acceptors (Lipinski definition) is 9. The standard InChI is InChI=1S/C12H24O3.2CH2O3/c1-2-3-4-5-6-7-8-9-10-11-12(13)15-14;2*2-1(3)4/h14H,2-11H2,1H3;2*(H2,2,3,4)/p-4. The summed E-state index contributed by atoms with van der Waals surface area (Å²) < 4.78 is 0. The molecule has 0 aliphatic heterocycles. The number of unbranched alkanes of at least 4 members (excludes halogenated alkanes) is 8. The number of hydrogen-bond donors (Lipinski definition) is 1. The molecule has 0 aromatic rings. The summed E-state index contributed by atoms with van der Waals surface area (Å²) in [7, 11) is 0. The first kappa shape index (κ1) is 25.9. The predicted molar refractivity (Wildman–Crippen MR) is 71.4 cm³/mol. The Labute approximate surface area is 135 Å². The zero-order valence-corrected chi connectivity index (χ0v) is 13.3. The Kier molecular flexibility index (Phi) is 25.1. The van der Waals surface area contributed by atoms with Crippen LogP contribution < -0.4 is 20.4 Å². The van der Waals surface area contributed by atoms with Gasteiger partial charge in [0, 0.05) is 6.42 Å². The van der Waals surface area contributed by atoms with Crippen molar-refractivity contribution in [2.75, 3.05) is 0 Å². The smallest absolute Gasteiger partial charge is 0.342 e. The summed E-state index contributed by atoms with van der Waals surface area (Å²) >= 11 is 0. The van der Waals surface area contributed by atoms with Crippen molar-refractivity contribution in [3.8, 4) is 0 Å². The molecule has 0 radical (unpaired) electrons. The van der Waals surface area contributed by atoms with E-state index in [9.17, 15) is 4.79 Å². The molecule has 9 nitrogen and oxygen atoms in total. The highest BCUT2D eigenvalue weighted by atomic mass is 17.1. The molecule has 0 bridgehead atoms. The maximum Gasteiger partial charge on any atom is 0.342 e. The topological polar surface area (TPSA) is 173 Å². The van der Waals surface area contributed by atoms with E-state index in [2.05, 4.69) is 11.8 Å². The fourth-order valence-electron chi connectivity index (χ4n) is 1.63. The van der Waals surface area contributed by atoms with Gasteiger partial charge in [-0.3, -0.25) is 0 Å². The van der Waals surface area contributed by atoms with Crippen molar-refractivity contribution in [3.05, 3.63) is 0 Å². The molecule has 0 fully saturated rings. The van der Waals surface area contributed by atoms with Gasteiger partial charge in [0.1, 0.15) is 0 Å². The van der Waals surface area contributed by atoms with Crippen LogP contribution in [0.5, 0.6) is 0 Å². The van der Waals surface area contributed by atoms with Crippen LogP contribution in [0.25, 0.3) is 0 Å². The average molecular weight is 336 g/mol. The van der Waals surface area contributed by atoms with Crippen LogP contribution in [0, 0.1) is 0 Å². The summed E-state index contributed by atoms with van der Waals surface area (Å²) in [5.74, 6) is -0.516. The van der Waals surface area contributed by atoms with E-state index in [1.54, 1.807) is 0 Å². The van der Waals surface area contributed by atoms with Gasteiger partial charge in [-0.2, -0.15) is 5.26 Å². The molecular formula is C14H24O9-4. The van der Waals surface area contributed by atoms with Crippen LogP contribution in [-0.2, 0) is 9.68 Å². The van der Waals surface area contributed by atoms with E-state index in [4.69, 9.17) is 35.3 Å². The molecule has 0 atom stereocenters. The van der Waals surface area contributed by atoms with Gasteiger partial charge in [0.15, 0.2) is 0 Å². The minimum absolute atomic E-state index is 0.340. The fraction of sp³-hybridized carbons (Fsp3) is 0.786. The van der Waals surface area contributed by atoms with E-state index >= 15 is 0 Å². The zero-order chi connectivity index (χ0) is 18.5. The van der Waals surface area contributed by atoms with Gasteiger partial charge in [0.25, 0.3) is 0 Å². The third-order valence-electron chi connectivity index (χ3n) is 2.59. The second-order valence-corrected chi connectivity index (χ2v) is 4.54. The Morgan fingerprint density at radius 1 is 0.739 bits per heavy atom. The Balaban J connectivity index is -0.000000413. The first-order valence-electron chi connectivity index (χ1n) is 7.38. The SMILES string of the molecule is CCCCCCCCCCCC(=O)OO.O=C([O-])[O-].O=C([O-])[O-]. The maximum absolute atomic E-state index is 10.5. The summed E-state index contributed by atoms with van der Waals surface area (Å²) in [5.41, 5.74) is 0. The third-order valence-corrected chi connectivity index (χ3v) is 2.59.